The molecule has 1 unspecified atom stereocenters. The van der Waals surface area contributed by atoms with Crippen molar-refractivity contribution in [3.63, 3.8) is 0 Å². The molecule has 24 heavy (non-hydrogen) atoms. The van der Waals surface area contributed by atoms with E-state index in [9.17, 15) is 9.90 Å². The Morgan fingerprint density at radius 1 is 1.33 bits per heavy atom. The Balaban J connectivity index is 1.60. The number of benzene rings is 1. The van der Waals surface area contributed by atoms with Crippen LogP contribution in [0.1, 0.15) is 24.4 Å². The molecule has 2 amide bonds. The fraction of sp³-hybridized carbons (Fsp3) is 0.611. The van der Waals surface area contributed by atoms with Gasteiger partial charge in [-0.25, -0.2) is 4.79 Å². The minimum atomic E-state index is 0.00996. The molecule has 0 aromatic heterocycles. The molecule has 2 heterocycles. The zero-order chi connectivity index (χ0) is 17.2. The van der Waals surface area contributed by atoms with Gasteiger partial charge in [-0.05, 0) is 37.6 Å². The molecule has 0 aliphatic carbocycles. The molecular weight excluding hydrogens is 306 g/mol. The van der Waals surface area contributed by atoms with Gasteiger partial charge < -0.3 is 20.1 Å². The van der Waals surface area contributed by atoms with E-state index in [2.05, 4.69) is 17.3 Å². The van der Waals surface area contributed by atoms with Crippen molar-refractivity contribution in [2.24, 2.45) is 5.41 Å². The molecule has 1 atom stereocenters. The summed E-state index contributed by atoms with van der Waals surface area (Å²) in [6.07, 6.45) is 2.03. The van der Waals surface area contributed by atoms with Crippen LogP contribution in [0.4, 0.5) is 4.79 Å². The molecule has 0 bridgehead atoms. The molecule has 2 fully saturated rings. The number of phenolic OH excluding ortho intramolecular Hbond substituents is 1. The molecule has 1 aromatic rings. The van der Waals surface area contributed by atoms with Gasteiger partial charge in [0.05, 0.1) is 6.61 Å². The van der Waals surface area contributed by atoms with Gasteiger partial charge in [-0.1, -0.05) is 12.1 Å². The van der Waals surface area contributed by atoms with Crippen molar-refractivity contribution < 1.29 is 14.6 Å². The van der Waals surface area contributed by atoms with Crippen LogP contribution in [0.15, 0.2) is 24.3 Å². The first-order chi connectivity index (χ1) is 11.6. The number of rotatable bonds is 4. The van der Waals surface area contributed by atoms with Crippen LogP contribution in [0.5, 0.6) is 5.75 Å². The number of nitrogens with zero attached hydrogens (tertiary/aromatic N) is 2. The third-order valence-electron chi connectivity index (χ3n) is 5.42. The van der Waals surface area contributed by atoms with Gasteiger partial charge in [0.2, 0.25) is 0 Å². The molecule has 0 saturated carbocycles. The first kappa shape index (κ1) is 17.0. The fourth-order valence-corrected chi connectivity index (χ4v) is 4.25. The summed E-state index contributed by atoms with van der Waals surface area (Å²) in [7, 11) is 3.78. The van der Waals surface area contributed by atoms with Crippen molar-refractivity contribution >= 4 is 6.03 Å². The largest absolute Gasteiger partial charge is 0.508 e. The van der Waals surface area contributed by atoms with Gasteiger partial charge in [-0.3, -0.25) is 4.90 Å². The number of carbonyl (C=O) groups is 1. The number of nitrogens with one attached hydrogen (secondary N) is 1. The van der Waals surface area contributed by atoms with E-state index in [1.54, 1.807) is 19.2 Å². The van der Waals surface area contributed by atoms with Gasteiger partial charge in [0.1, 0.15) is 5.75 Å². The second-order valence-corrected chi connectivity index (χ2v) is 6.98. The number of hydrogen-bond acceptors (Lipinski definition) is 4. The van der Waals surface area contributed by atoms with E-state index in [0.29, 0.717) is 24.9 Å². The molecule has 2 aliphatic rings. The van der Waals surface area contributed by atoms with E-state index in [4.69, 9.17) is 4.74 Å². The Morgan fingerprint density at radius 3 is 2.58 bits per heavy atom. The maximum absolute atomic E-state index is 12.2. The van der Waals surface area contributed by atoms with E-state index < -0.39 is 0 Å². The van der Waals surface area contributed by atoms with Crippen LogP contribution in [0.3, 0.4) is 0 Å². The molecule has 0 radical (unpaired) electrons. The minimum absolute atomic E-state index is 0.00996. The van der Waals surface area contributed by atoms with Crippen LogP contribution in [0.25, 0.3) is 0 Å². The molecule has 2 N–H and O–H groups in total. The lowest BCUT2D eigenvalue weighted by Crippen LogP contribution is -2.61. The van der Waals surface area contributed by atoms with Crippen molar-refractivity contribution in [3.05, 3.63) is 29.8 Å². The lowest BCUT2D eigenvalue weighted by molar-refractivity contribution is -0.0920. The number of ether oxygens (including phenoxy) is 1. The highest BCUT2D eigenvalue weighted by Crippen LogP contribution is 2.54. The number of carbonyl (C=O) groups excluding carboxylic acids is 1. The smallest absolute Gasteiger partial charge is 0.317 e. The summed E-state index contributed by atoms with van der Waals surface area (Å²) in [5.74, 6) is 0.303. The number of amides is 2. The molecule has 2 saturated heterocycles. The highest BCUT2D eigenvalue weighted by molar-refractivity contribution is 5.74. The summed E-state index contributed by atoms with van der Waals surface area (Å²) in [6.45, 7) is 3.74. The third-order valence-corrected chi connectivity index (χ3v) is 5.42. The fourth-order valence-electron chi connectivity index (χ4n) is 4.25. The molecular formula is C18H27N3O3. The highest BCUT2D eigenvalue weighted by Gasteiger charge is 2.52. The summed E-state index contributed by atoms with van der Waals surface area (Å²) in [6, 6.07) is 7.93. The number of likely N-dealkylation sites (tertiary alicyclic amines) is 2. The number of hydrogen-bond donors (Lipinski definition) is 2. The van der Waals surface area contributed by atoms with Crippen LogP contribution >= 0.6 is 0 Å². The summed E-state index contributed by atoms with van der Waals surface area (Å²) in [5, 5.41) is 12.4. The number of aromatic hydroxyl groups is 1. The normalized spacial score (nSPS) is 23.1. The number of methoxy groups -OCH3 is 1. The molecule has 2 aliphatic heterocycles. The van der Waals surface area contributed by atoms with Crippen LogP contribution in [0, 0.1) is 5.41 Å². The predicted octanol–water partition coefficient (Wildman–Crippen LogP) is 1.82. The standard InChI is InChI=1S/C18H27N3O3/c1-20-13-18(16(20)14-3-5-15(22)6-4-14)7-10-21(11-8-18)17(23)19-9-12-24-2/h3-6,16,22H,7-13H2,1-2H3,(H,19,23). The molecule has 6 heteroatoms. The molecule has 132 valence electrons. The van der Waals surface area contributed by atoms with Crippen molar-refractivity contribution in [3.8, 4) is 5.75 Å². The van der Waals surface area contributed by atoms with Gasteiger partial charge in [-0.15, -0.1) is 0 Å². The second kappa shape index (κ2) is 6.99. The number of phenols is 1. The predicted molar refractivity (Wildman–Crippen MR) is 92.0 cm³/mol. The van der Waals surface area contributed by atoms with Gasteiger partial charge in [0.15, 0.2) is 0 Å². The van der Waals surface area contributed by atoms with Crippen molar-refractivity contribution in [2.75, 3.05) is 46.9 Å². The SMILES string of the molecule is COCCNC(=O)N1CCC2(CC1)CN(C)C2c1ccc(O)cc1. The Kier molecular flexibility index (Phi) is 4.96. The molecule has 3 rings (SSSR count). The average Bonchev–Trinajstić information content (AvgIpc) is 2.57. The zero-order valence-electron chi connectivity index (χ0n) is 14.5. The molecule has 1 aromatic carbocycles. The summed E-state index contributed by atoms with van der Waals surface area (Å²) in [4.78, 5) is 16.4. The summed E-state index contributed by atoms with van der Waals surface area (Å²) >= 11 is 0. The minimum Gasteiger partial charge on any atom is -0.508 e. The lowest BCUT2D eigenvalue weighted by atomic mass is 9.63. The monoisotopic (exact) mass is 333 g/mol. The Hall–Kier alpha value is -1.79. The quantitative estimate of drug-likeness (QED) is 0.825. The van der Waals surface area contributed by atoms with Crippen LogP contribution in [-0.2, 0) is 4.74 Å². The number of piperidine rings is 1. The first-order valence-corrected chi connectivity index (χ1v) is 8.57. The zero-order valence-corrected chi connectivity index (χ0v) is 14.5. The maximum atomic E-state index is 12.2. The van der Waals surface area contributed by atoms with Gasteiger partial charge in [0.25, 0.3) is 0 Å². The van der Waals surface area contributed by atoms with E-state index in [1.165, 1.54) is 5.56 Å². The topological polar surface area (TPSA) is 65.0 Å². The van der Waals surface area contributed by atoms with Crippen molar-refractivity contribution in [1.29, 1.82) is 0 Å². The lowest BCUT2D eigenvalue weighted by Gasteiger charge is -2.59. The van der Waals surface area contributed by atoms with E-state index in [-0.39, 0.29) is 11.4 Å². The van der Waals surface area contributed by atoms with Gasteiger partial charge >= 0.3 is 6.03 Å². The number of urea groups is 1. The van der Waals surface area contributed by atoms with Crippen molar-refractivity contribution in [2.45, 2.75) is 18.9 Å². The Bertz CT molecular complexity index is 567. The third kappa shape index (κ3) is 3.21. The van der Waals surface area contributed by atoms with E-state index >= 15 is 0 Å². The van der Waals surface area contributed by atoms with E-state index in [1.807, 2.05) is 17.0 Å². The van der Waals surface area contributed by atoms with Crippen LogP contribution in [-0.4, -0.2) is 67.9 Å². The average molecular weight is 333 g/mol. The van der Waals surface area contributed by atoms with Crippen LogP contribution in [0.2, 0.25) is 0 Å². The summed E-state index contributed by atoms with van der Waals surface area (Å²) < 4.78 is 4.97. The summed E-state index contributed by atoms with van der Waals surface area (Å²) in [5.41, 5.74) is 1.49. The highest BCUT2D eigenvalue weighted by atomic mass is 16.5. The molecule has 6 nitrogen and oxygen atoms in total. The van der Waals surface area contributed by atoms with Gasteiger partial charge in [0, 0.05) is 44.7 Å². The van der Waals surface area contributed by atoms with Crippen LogP contribution < -0.4 is 5.32 Å². The Labute approximate surface area is 143 Å². The second-order valence-electron chi connectivity index (χ2n) is 6.98. The Morgan fingerprint density at radius 2 is 2.00 bits per heavy atom. The molecule has 1 spiro atoms. The maximum Gasteiger partial charge on any atom is 0.317 e. The van der Waals surface area contributed by atoms with E-state index in [0.717, 1.165) is 32.5 Å². The van der Waals surface area contributed by atoms with Gasteiger partial charge in [-0.2, -0.15) is 0 Å². The van der Waals surface area contributed by atoms with Crippen molar-refractivity contribution in [1.82, 2.24) is 15.1 Å². The first-order valence-electron chi connectivity index (χ1n) is 8.57.